The average Bonchev–Trinajstić information content (AvgIpc) is 2.30. The normalized spacial score (nSPS) is 10.3. The van der Waals surface area contributed by atoms with Crippen molar-refractivity contribution in [3.63, 3.8) is 0 Å². The Morgan fingerprint density at radius 1 is 1.06 bits per heavy atom. The van der Waals surface area contributed by atoms with E-state index in [1.54, 1.807) is 0 Å². The Hall–Kier alpha value is -2.31. The number of anilines is 3. The Kier molecular flexibility index (Phi) is 2.82. The predicted molar refractivity (Wildman–Crippen MR) is 56.0 cm³/mol. The van der Waals surface area contributed by atoms with Crippen LogP contribution >= 0.6 is 0 Å². The average molecular weight is 240 g/mol. The third-order valence-corrected chi connectivity index (χ3v) is 1.99. The van der Waals surface area contributed by atoms with Gasteiger partial charge in [0.2, 0.25) is 0 Å². The highest BCUT2D eigenvalue weighted by Gasteiger charge is 2.13. The van der Waals surface area contributed by atoms with Gasteiger partial charge in [-0.05, 0) is 12.1 Å². The Bertz CT molecular complexity index is 559. The molecule has 1 aromatic heterocycles. The number of halogens is 3. The van der Waals surface area contributed by atoms with Crippen LogP contribution in [0.3, 0.4) is 0 Å². The molecule has 1 heterocycles. The molecule has 1 aromatic carbocycles. The minimum absolute atomic E-state index is 0.172. The molecule has 88 valence electrons. The number of benzene rings is 1. The van der Waals surface area contributed by atoms with Crippen molar-refractivity contribution >= 4 is 17.3 Å². The molecular formula is C10H7F3N4. The van der Waals surface area contributed by atoms with E-state index in [-0.39, 0.29) is 17.3 Å². The minimum atomic E-state index is -1.54. The zero-order chi connectivity index (χ0) is 12.4. The first kappa shape index (κ1) is 11.2. The number of hydrogen-bond donors (Lipinski definition) is 2. The quantitative estimate of drug-likeness (QED) is 0.790. The van der Waals surface area contributed by atoms with Crippen LogP contribution in [-0.2, 0) is 0 Å². The molecule has 4 nitrogen and oxygen atoms in total. The highest BCUT2D eigenvalue weighted by atomic mass is 19.2. The maximum Gasteiger partial charge on any atom is 0.196 e. The van der Waals surface area contributed by atoms with E-state index in [9.17, 15) is 13.2 Å². The van der Waals surface area contributed by atoms with Gasteiger partial charge >= 0.3 is 0 Å². The zero-order valence-corrected chi connectivity index (χ0v) is 8.42. The van der Waals surface area contributed by atoms with E-state index in [1.165, 1.54) is 6.07 Å². The highest BCUT2D eigenvalue weighted by molar-refractivity contribution is 5.58. The van der Waals surface area contributed by atoms with Crippen LogP contribution in [-0.4, -0.2) is 9.97 Å². The third-order valence-electron chi connectivity index (χ3n) is 1.99. The van der Waals surface area contributed by atoms with Crippen LogP contribution in [0.4, 0.5) is 30.5 Å². The van der Waals surface area contributed by atoms with Crippen molar-refractivity contribution in [1.29, 1.82) is 0 Å². The molecule has 7 heteroatoms. The summed E-state index contributed by atoms with van der Waals surface area (Å²) in [5.41, 5.74) is 5.15. The van der Waals surface area contributed by atoms with E-state index in [0.29, 0.717) is 0 Å². The molecule has 2 aromatic rings. The molecule has 0 amide bonds. The van der Waals surface area contributed by atoms with E-state index in [4.69, 9.17) is 5.73 Å². The van der Waals surface area contributed by atoms with Crippen molar-refractivity contribution in [2.24, 2.45) is 0 Å². The molecule has 0 atom stereocenters. The minimum Gasteiger partial charge on any atom is -0.384 e. The number of aromatic nitrogens is 2. The molecular weight excluding hydrogens is 233 g/mol. The maximum absolute atomic E-state index is 13.3. The standard InChI is InChI=1S/C10H7F3N4/c11-5-1-2-6(10(13)9(5)12)17-8-3-7(14)15-4-16-8/h1-4H,(H3,14,15,16,17). The van der Waals surface area contributed by atoms with Gasteiger partial charge in [-0.25, -0.2) is 23.1 Å². The fourth-order valence-corrected chi connectivity index (χ4v) is 1.20. The molecule has 17 heavy (non-hydrogen) atoms. The first-order chi connectivity index (χ1) is 8.08. The highest BCUT2D eigenvalue weighted by Crippen LogP contribution is 2.22. The van der Waals surface area contributed by atoms with Crippen molar-refractivity contribution in [3.05, 3.63) is 42.0 Å². The number of nitrogen functional groups attached to an aromatic ring is 1. The Balaban J connectivity index is 2.34. The van der Waals surface area contributed by atoms with Crippen LogP contribution in [0.15, 0.2) is 24.5 Å². The lowest BCUT2D eigenvalue weighted by molar-refractivity contribution is 0.449. The molecule has 2 rings (SSSR count). The number of nitrogens with two attached hydrogens (primary N) is 1. The van der Waals surface area contributed by atoms with Crippen LogP contribution in [0.5, 0.6) is 0 Å². The molecule has 0 aliphatic carbocycles. The lowest BCUT2D eigenvalue weighted by Gasteiger charge is -2.07. The second-order valence-electron chi connectivity index (χ2n) is 3.18. The molecule has 3 N–H and O–H groups in total. The summed E-state index contributed by atoms with van der Waals surface area (Å²) in [4.78, 5) is 7.38. The van der Waals surface area contributed by atoms with Gasteiger partial charge in [-0.15, -0.1) is 0 Å². The van der Waals surface area contributed by atoms with Crippen LogP contribution in [0.25, 0.3) is 0 Å². The predicted octanol–water partition coefficient (Wildman–Crippen LogP) is 2.22. The summed E-state index contributed by atoms with van der Waals surface area (Å²) in [5.74, 6) is -3.76. The Labute approximate surface area is 94.3 Å². The van der Waals surface area contributed by atoms with Crippen LogP contribution in [0.2, 0.25) is 0 Å². The van der Waals surface area contributed by atoms with E-state index in [1.807, 2.05) is 0 Å². The third kappa shape index (κ3) is 2.27. The Morgan fingerprint density at radius 2 is 1.82 bits per heavy atom. The van der Waals surface area contributed by atoms with Gasteiger partial charge in [0.1, 0.15) is 18.0 Å². The molecule has 0 unspecified atom stereocenters. The topological polar surface area (TPSA) is 63.8 Å². The summed E-state index contributed by atoms with van der Waals surface area (Å²) in [6, 6.07) is 3.21. The summed E-state index contributed by atoms with van der Waals surface area (Å²) in [5, 5.41) is 2.47. The number of nitrogens with zero attached hydrogens (tertiary/aromatic N) is 2. The molecule has 0 bridgehead atoms. The fraction of sp³-hybridized carbons (Fsp3) is 0. The largest absolute Gasteiger partial charge is 0.384 e. The van der Waals surface area contributed by atoms with Gasteiger partial charge < -0.3 is 11.1 Å². The summed E-state index contributed by atoms with van der Waals surface area (Å²) < 4.78 is 38.9. The lowest BCUT2D eigenvalue weighted by Crippen LogP contribution is -2.01. The molecule has 0 fully saturated rings. The molecule has 0 saturated heterocycles. The van der Waals surface area contributed by atoms with Gasteiger partial charge in [0.05, 0.1) is 5.69 Å². The van der Waals surface area contributed by atoms with Gasteiger partial charge in [-0.1, -0.05) is 0 Å². The van der Waals surface area contributed by atoms with Crippen LogP contribution < -0.4 is 11.1 Å². The number of rotatable bonds is 2. The summed E-state index contributed by atoms with van der Waals surface area (Å²) in [7, 11) is 0. The first-order valence-corrected chi connectivity index (χ1v) is 4.56. The maximum atomic E-state index is 13.3. The molecule has 0 spiro atoms. The van der Waals surface area contributed by atoms with E-state index in [0.717, 1.165) is 18.5 Å². The summed E-state index contributed by atoms with van der Waals surface area (Å²) in [6.45, 7) is 0. The van der Waals surface area contributed by atoms with Gasteiger partial charge in [-0.3, -0.25) is 0 Å². The van der Waals surface area contributed by atoms with Gasteiger partial charge in [0.25, 0.3) is 0 Å². The van der Waals surface area contributed by atoms with Crippen LogP contribution in [0.1, 0.15) is 0 Å². The summed E-state index contributed by atoms with van der Waals surface area (Å²) in [6.07, 6.45) is 1.16. The fourth-order valence-electron chi connectivity index (χ4n) is 1.20. The molecule has 0 radical (unpaired) electrons. The summed E-state index contributed by atoms with van der Waals surface area (Å²) >= 11 is 0. The van der Waals surface area contributed by atoms with E-state index >= 15 is 0 Å². The number of nitrogens with one attached hydrogen (secondary N) is 1. The van der Waals surface area contributed by atoms with Crippen molar-refractivity contribution in [2.75, 3.05) is 11.1 Å². The van der Waals surface area contributed by atoms with E-state index < -0.39 is 17.5 Å². The van der Waals surface area contributed by atoms with Gasteiger partial charge in [-0.2, -0.15) is 0 Å². The van der Waals surface area contributed by atoms with Crippen molar-refractivity contribution < 1.29 is 13.2 Å². The van der Waals surface area contributed by atoms with Gasteiger partial charge in [0, 0.05) is 6.07 Å². The second kappa shape index (κ2) is 4.28. The Morgan fingerprint density at radius 3 is 2.53 bits per heavy atom. The van der Waals surface area contributed by atoms with Crippen molar-refractivity contribution in [1.82, 2.24) is 9.97 Å². The van der Waals surface area contributed by atoms with Crippen molar-refractivity contribution in [2.45, 2.75) is 0 Å². The van der Waals surface area contributed by atoms with Gasteiger partial charge in [0.15, 0.2) is 17.5 Å². The second-order valence-corrected chi connectivity index (χ2v) is 3.18. The molecule has 0 aliphatic heterocycles. The monoisotopic (exact) mass is 240 g/mol. The van der Waals surface area contributed by atoms with Crippen LogP contribution in [0, 0.1) is 17.5 Å². The zero-order valence-electron chi connectivity index (χ0n) is 8.42. The SMILES string of the molecule is Nc1cc(Nc2ccc(F)c(F)c2F)ncn1. The first-order valence-electron chi connectivity index (χ1n) is 4.56. The number of hydrogen-bond acceptors (Lipinski definition) is 4. The lowest BCUT2D eigenvalue weighted by atomic mass is 10.3. The smallest absolute Gasteiger partial charge is 0.196 e. The molecule has 0 aliphatic rings. The van der Waals surface area contributed by atoms with E-state index in [2.05, 4.69) is 15.3 Å². The molecule has 0 saturated carbocycles. The van der Waals surface area contributed by atoms with Crippen molar-refractivity contribution in [3.8, 4) is 0 Å².